The fraction of sp³-hybridized carbons (Fsp3) is 0.500. The molecule has 0 saturated heterocycles. The Labute approximate surface area is 124 Å². The summed E-state index contributed by atoms with van der Waals surface area (Å²) >= 11 is 0. The second-order valence-corrected chi connectivity index (χ2v) is 5.11. The largest absolute Gasteiger partial charge is 0.351 e. The molecule has 1 rings (SSSR count). The third-order valence-electron chi connectivity index (χ3n) is 3.46. The Morgan fingerprint density at radius 3 is 2.38 bits per heavy atom. The first-order valence-corrected chi connectivity index (χ1v) is 7.12. The summed E-state index contributed by atoms with van der Waals surface area (Å²) in [6.07, 6.45) is 2.36. The van der Waals surface area contributed by atoms with E-state index in [0.29, 0.717) is 25.7 Å². The zero-order valence-corrected chi connectivity index (χ0v) is 12.4. The molecular formula is C16H20F2N2O. The number of nitrogens with one attached hydrogen (secondary N) is 1. The van der Waals surface area contributed by atoms with Crippen molar-refractivity contribution in [1.29, 1.82) is 5.26 Å². The summed E-state index contributed by atoms with van der Waals surface area (Å²) < 4.78 is 26.3. The molecule has 0 atom stereocenters. The molecule has 0 aliphatic heterocycles. The summed E-state index contributed by atoms with van der Waals surface area (Å²) in [5.74, 6) is -1.76. The molecule has 0 radical (unpaired) electrons. The molecule has 0 aromatic heterocycles. The van der Waals surface area contributed by atoms with Crippen molar-refractivity contribution in [1.82, 2.24) is 5.32 Å². The van der Waals surface area contributed by atoms with Crippen LogP contribution < -0.4 is 5.32 Å². The van der Waals surface area contributed by atoms with Gasteiger partial charge in [-0.05, 0) is 18.9 Å². The Morgan fingerprint density at radius 2 is 1.90 bits per heavy atom. The third kappa shape index (κ3) is 4.25. The highest BCUT2D eigenvalue weighted by atomic mass is 19.1. The van der Waals surface area contributed by atoms with E-state index in [1.807, 2.05) is 13.8 Å². The number of benzene rings is 1. The summed E-state index contributed by atoms with van der Waals surface area (Å²) in [6, 6.07) is 5.32. The zero-order valence-electron chi connectivity index (χ0n) is 12.4. The molecule has 0 aliphatic carbocycles. The van der Waals surface area contributed by atoms with Gasteiger partial charge in [-0.1, -0.05) is 32.8 Å². The number of hydrogen-bond donors (Lipinski definition) is 1. The second-order valence-electron chi connectivity index (χ2n) is 5.11. The number of amides is 1. The van der Waals surface area contributed by atoms with Crippen LogP contribution in [0.25, 0.3) is 0 Å². The molecule has 3 nitrogen and oxygen atoms in total. The number of hydrogen-bond acceptors (Lipinski definition) is 2. The number of halogens is 2. The number of nitrogens with zero attached hydrogens (tertiary/aromatic N) is 1. The van der Waals surface area contributed by atoms with Crippen LogP contribution in [-0.4, -0.2) is 5.91 Å². The highest BCUT2D eigenvalue weighted by Gasteiger charge is 2.36. The average Bonchev–Trinajstić information content (AvgIpc) is 2.45. The topological polar surface area (TPSA) is 52.9 Å². The normalized spacial score (nSPS) is 11.0. The lowest BCUT2D eigenvalue weighted by Gasteiger charge is -2.24. The van der Waals surface area contributed by atoms with Crippen LogP contribution in [0.5, 0.6) is 0 Å². The van der Waals surface area contributed by atoms with Crippen LogP contribution >= 0.6 is 0 Å². The summed E-state index contributed by atoms with van der Waals surface area (Å²) in [5.41, 5.74) is -0.871. The van der Waals surface area contributed by atoms with Crippen molar-refractivity contribution in [3.05, 3.63) is 35.4 Å². The van der Waals surface area contributed by atoms with Crippen molar-refractivity contribution >= 4 is 5.91 Å². The van der Waals surface area contributed by atoms with Crippen LogP contribution in [0.2, 0.25) is 0 Å². The van der Waals surface area contributed by atoms with E-state index >= 15 is 0 Å². The van der Waals surface area contributed by atoms with Gasteiger partial charge >= 0.3 is 0 Å². The van der Waals surface area contributed by atoms with E-state index in [1.165, 1.54) is 6.07 Å². The molecule has 1 aromatic carbocycles. The smallest absolute Gasteiger partial charge is 0.240 e. The Balaban J connectivity index is 2.80. The van der Waals surface area contributed by atoms with Gasteiger partial charge < -0.3 is 5.32 Å². The highest BCUT2D eigenvalue weighted by molar-refractivity contribution is 5.85. The lowest BCUT2D eigenvalue weighted by Crippen LogP contribution is -2.39. The van der Waals surface area contributed by atoms with E-state index in [4.69, 9.17) is 0 Å². The Kier molecular flexibility index (Phi) is 6.29. The Bertz CT molecular complexity index is 532. The van der Waals surface area contributed by atoms with Gasteiger partial charge in [0.15, 0.2) is 0 Å². The van der Waals surface area contributed by atoms with Crippen LogP contribution in [0, 0.1) is 28.4 Å². The third-order valence-corrected chi connectivity index (χ3v) is 3.46. The van der Waals surface area contributed by atoms with Gasteiger partial charge in [0.1, 0.15) is 17.0 Å². The minimum absolute atomic E-state index is 0.0538. The first-order valence-electron chi connectivity index (χ1n) is 7.12. The molecule has 0 aliphatic rings. The van der Waals surface area contributed by atoms with Crippen molar-refractivity contribution in [3.8, 4) is 6.07 Å². The van der Waals surface area contributed by atoms with Gasteiger partial charge in [0.05, 0.1) is 6.07 Å². The fourth-order valence-corrected chi connectivity index (χ4v) is 2.38. The minimum atomic E-state index is -1.07. The molecule has 1 N–H and O–H groups in total. The molecule has 114 valence electrons. The van der Waals surface area contributed by atoms with Crippen LogP contribution in [-0.2, 0) is 11.3 Å². The van der Waals surface area contributed by atoms with Gasteiger partial charge in [-0.2, -0.15) is 5.26 Å². The maximum absolute atomic E-state index is 13.5. The minimum Gasteiger partial charge on any atom is -0.351 e. The molecule has 1 amide bonds. The van der Waals surface area contributed by atoms with Gasteiger partial charge in [-0.25, -0.2) is 8.78 Å². The molecule has 0 unspecified atom stereocenters. The fourth-order valence-electron chi connectivity index (χ4n) is 2.38. The maximum Gasteiger partial charge on any atom is 0.240 e. The Morgan fingerprint density at radius 1 is 1.29 bits per heavy atom. The molecule has 0 fully saturated rings. The molecule has 0 spiro atoms. The summed E-state index contributed by atoms with van der Waals surface area (Å²) in [6.45, 7) is 3.77. The number of rotatable bonds is 7. The van der Waals surface area contributed by atoms with E-state index in [1.54, 1.807) is 0 Å². The molecule has 0 heterocycles. The molecule has 0 bridgehead atoms. The summed E-state index contributed by atoms with van der Waals surface area (Å²) in [5, 5.41) is 12.0. The second kappa shape index (κ2) is 7.72. The van der Waals surface area contributed by atoms with E-state index in [0.717, 1.165) is 12.1 Å². The van der Waals surface area contributed by atoms with Gasteiger partial charge in [0, 0.05) is 18.2 Å². The summed E-state index contributed by atoms with van der Waals surface area (Å²) in [4.78, 5) is 12.3. The standard InChI is InChI=1S/C16H20F2N2O/c1-3-7-16(11-19,8-4-2)15(21)20-10-12-5-6-13(17)9-14(12)18/h5-6,9H,3-4,7-8,10H2,1-2H3,(H,20,21). The van der Waals surface area contributed by atoms with Crippen molar-refractivity contribution in [2.75, 3.05) is 0 Å². The maximum atomic E-state index is 13.5. The SMILES string of the molecule is CCCC(C#N)(CCC)C(=O)NCc1ccc(F)cc1F. The van der Waals surface area contributed by atoms with Crippen LogP contribution in [0.1, 0.15) is 45.1 Å². The monoisotopic (exact) mass is 294 g/mol. The average molecular weight is 294 g/mol. The van der Waals surface area contributed by atoms with Gasteiger partial charge in [-0.15, -0.1) is 0 Å². The first kappa shape index (κ1) is 17.1. The number of nitriles is 1. The van der Waals surface area contributed by atoms with E-state index in [2.05, 4.69) is 11.4 Å². The lowest BCUT2D eigenvalue weighted by atomic mass is 9.79. The van der Waals surface area contributed by atoms with Crippen LogP contribution in [0.4, 0.5) is 8.78 Å². The lowest BCUT2D eigenvalue weighted by molar-refractivity contribution is -0.129. The number of carbonyl (C=O) groups excluding carboxylic acids is 1. The molecule has 1 aromatic rings. The van der Waals surface area contributed by atoms with Crippen LogP contribution in [0.3, 0.4) is 0 Å². The predicted molar refractivity (Wildman–Crippen MR) is 76.1 cm³/mol. The van der Waals surface area contributed by atoms with Crippen molar-refractivity contribution in [2.45, 2.75) is 46.1 Å². The Hall–Kier alpha value is -1.96. The molecule has 21 heavy (non-hydrogen) atoms. The van der Waals surface area contributed by atoms with E-state index in [9.17, 15) is 18.8 Å². The highest BCUT2D eigenvalue weighted by Crippen LogP contribution is 2.29. The van der Waals surface area contributed by atoms with E-state index in [-0.39, 0.29) is 12.1 Å². The van der Waals surface area contributed by atoms with E-state index < -0.39 is 23.0 Å². The van der Waals surface area contributed by atoms with Crippen molar-refractivity contribution in [3.63, 3.8) is 0 Å². The molecule has 5 heteroatoms. The van der Waals surface area contributed by atoms with Crippen molar-refractivity contribution in [2.24, 2.45) is 5.41 Å². The quantitative estimate of drug-likeness (QED) is 0.833. The first-order chi connectivity index (χ1) is 9.99. The zero-order chi connectivity index (χ0) is 15.9. The van der Waals surface area contributed by atoms with Crippen molar-refractivity contribution < 1.29 is 13.6 Å². The van der Waals surface area contributed by atoms with Gasteiger partial charge in [-0.3, -0.25) is 4.79 Å². The van der Waals surface area contributed by atoms with Gasteiger partial charge in [0.2, 0.25) is 5.91 Å². The molecule has 0 saturated carbocycles. The molecular weight excluding hydrogens is 274 g/mol. The predicted octanol–water partition coefficient (Wildman–Crippen LogP) is 3.69. The van der Waals surface area contributed by atoms with Gasteiger partial charge in [0.25, 0.3) is 0 Å². The summed E-state index contributed by atoms with van der Waals surface area (Å²) in [7, 11) is 0. The number of carbonyl (C=O) groups is 1. The van der Waals surface area contributed by atoms with Crippen LogP contribution in [0.15, 0.2) is 18.2 Å².